The smallest absolute Gasteiger partial charge is 0.214 e. The van der Waals surface area contributed by atoms with Crippen LogP contribution in [0.5, 0.6) is 0 Å². The summed E-state index contributed by atoms with van der Waals surface area (Å²) in [7, 11) is -3.43. The summed E-state index contributed by atoms with van der Waals surface area (Å²) in [5.41, 5.74) is -1.42. The highest BCUT2D eigenvalue weighted by atomic mass is 32.2. The van der Waals surface area contributed by atoms with Crippen molar-refractivity contribution in [1.29, 1.82) is 0 Å². The minimum absolute atomic E-state index is 0.177. The summed E-state index contributed by atoms with van der Waals surface area (Å²) in [5, 5.41) is 17.8. The zero-order valence-electron chi connectivity index (χ0n) is 9.35. The van der Waals surface area contributed by atoms with Crippen LogP contribution in [-0.2, 0) is 14.8 Å². The molecule has 1 aliphatic heterocycles. The molecular formula is C9H19NO5S. The second kappa shape index (κ2) is 5.42. The Hall–Kier alpha value is -0.210. The minimum Gasteiger partial charge on any atom is -0.393 e. The summed E-state index contributed by atoms with van der Waals surface area (Å²) >= 11 is 0. The quantitative estimate of drug-likeness (QED) is 0.573. The van der Waals surface area contributed by atoms with E-state index in [0.717, 1.165) is 0 Å². The maximum Gasteiger partial charge on any atom is 0.214 e. The van der Waals surface area contributed by atoms with E-state index in [1.165, 1.54) is 6.92 Å². The van der Waals surface area contributed by atoms with Crippen LogP contribution < -0.4 is 4.72 Å². The highest BCUT2D eigenvalue weighted by Crippen LogP contribution is 2.15. The molecule has 0 aromatic carbocycles. The standard InChI is InChI=1S/C9H19NO5S/c1-9(12,7-11)6-10-16(13,14)8-2-4-15-5-3-8/h8,10-12H,2-7H2,1H3. The topological polar surface area (TPSA) is 95.9 Å². The molecule has 1 heterocycles. The monoisotopic (exact) mass is 253 g/mol. The van der Waals surface area contributed by atoms with Gasteiger partial charge in [-0.05, 0) is 19.8 Å². The Kier molecular flexibility index (Phi) is 4.69. The Bertz CT molecular complexity index is 308. The first-order chi connectivity index (χ1) is 7.37. The zero-order valence-corrected chi connectivity index (χ0v) is 10.2. The van der Waals surface area contributed by atoms with Crippen LogP contribution in [0.4, 0.5) is 0 Å². The molecule has 0 radical (unpaired) electrons. The molecule has 0 aliphatic carbocycles. The molecule has 1 unspecified atom stereocenters. The molecule has 1 saturated heterocycles. The highest BCUT2D eigenvalue weighted by Gasteiger charge is 2.30. The van der Waals surface area contributed by atoms with Crippen LogP contribution in [0.25, 0.3) is 0 Å². The number of ether oxygens (including phenoxy) is 1. The summed E-state index contributed by atoms with van der Waals surface area (Å²) in [4.78, 5) is 0. The number of nitrogens with one attached hydrogen (secondary N) is 1. The number of rotatable bonds is 5. The van der Waals surface area contributed by atoms with Crippen LogP contribution in [-0.4, -0.2) is 55.8 Å². The third kappa shape index (κ3) is 3.99. The molecule has 0 aromatic heterocycles. The van der Waals surface area contributed by atoms with Crippen molar-refractivity contribution in [3.05, 3.63) is 0 Å². The van der Waals surface area contributed by atoms with Crippen LogP contribution in [0.1, 0.15) is 19.8 Å². The van der Waals surface area contributed by atoms with E-state index in [9.17, 15) is 13.5 Å². The lowest BCUT2D eigenvalue weighted by molar-refractivity contribution is 0.00667. The summed E-state index contributed by atoms with van der Waals surface area (Å²) in [5.74, 6) is 0. The molecule has 16 heavy (non-hydrogen) atoms. The summed E-state index contributed by atoms with van der Waals surface area (Å²) < 4.78 is 31.0. The van der Waals surface area contributed by atoms with Gasteiger partial charge >= 0.3 is 0 Å². The summed E-state index contributed by atoms with van der Waals surface area (Å²) in [6.45, 7) is 1.61. The van der Waals surface area contributed by atoms with E-state index in [1.807, 2.05) is 0 Å². The van der Waals surface area contributed by atoms with Gasteiger partial charge in [-0.25, -0.2) is 13.1 Å². The molecule has 0 bridgehead atoms. The van der Waals surface area contributed by atoms with Crippen LogP contribution in [0.3, 0.4) is 0 Å². The largest absolute Gasteiger partial charge is 0.393 e. The molecule has 0 aromatic rings. The van der Waals surface area contributed by atoms with Gasteiger partial charge in [0.2, 0.25) is 10.0 Å². The Balaban J connectivity index is 2.51. The average molecular weight is 253 g/mol. The fourth-order valence-electron chi connectivity index (χ4n) is 1.42. The van der Waals surface area contributed by atoms with E-state index >= 15 is 0 Å². The number of aliphatic hydroxyl groups excluding tert-OH is 1. The lowest BCUT2D eigenvalue weighted by Crippen LogP contribution is -2.47. The Morgan fingerprint density at radius 1 is 1.44 bits per heavy atom. The molecule has 1 rings (SSSR count). The molecule has 96 valence electrons. The van der Waals surface area contributed by atoms with E-state index in [0.29, 0.717) is 26.1 Å². The van der Waals surface area contributed by atoms with Gasteiger partial charge in [-0.1, -0.05) is 0 Å². The maximum absolute atomic E-state index is 11.8. The van der Waals surface area contributed by atoms with Gasteiger partial charge < -0.3 is 14.9 Å². The molecule has 1 aliphatic rings. The van der Waals surface area contributed by atoms with Gasteiger partial charge in [-0.15, -0.1) is 0 Å². The van der Waals surface area contributed by atoms with Crippen LogP contribution in [0, 0.1) is 0 Å². The highest BCUT2D eigenvalue weighted by molar-refractivity contribution is 7.90. The second-order valence-electron chi connectivity index (χ2n) is 4.33. The van der Waals surface area contributed by atoms with Gasteiger partial charge in [0, 0.05) is 19.8 Å². The molecule has 3 N–H and O–H groups in total. The first-order valence-corrected chi connectivity index (χ1v) is 6.81. The van der Waals surface area contributed by atoms with Crippen molar-refractivity contribution >= 4 is 10.0 Å². The van der Waals surface area contributed by atoms with Crippen molar-refractivity contribution in [2.75, 3.05) is 26.4 Å². The third-order valence-corrected chi connectivity index (χ3v) is 4.50. The normalized spacial score (nSPS) is 22.9. The molecule has 6 nitrogen and oxygen atoms in total. The van der Waals surface area contributed by atoms with E-state index in [-0.39, 0.29) is 6.54 Å². The summed E-state index contributed by atoms with van der Waals surface area (Å²) in [6.07, 6.45) is 0.938. The average Bonchev–Trinajstić information content (AvgIpc) is 2.28. The van der Waals surface area contributed by atoms with Gasteiger partial charge in [-0.2, -0.15) is 0 Å². The molecule has 7 heteroatoms. The first-order valence-electron chi connectivity index (χ1n) is 5.27. The Morgan fingerprint density at radius 2 is 2.00 bits per heavy atom. The molecule has 1 fully saturated rings. The van der Waals surface area contributed by atoms with Gasteiger partial charge in [0.1, 0.15) is 0 Å². The number of aliphatic hydroxyl groups is 2. The van der Waals surface area contributed by atoms with Crippen molar-refractivity contribution in [1.82, 2.24) is 4.72 Å². The number of hydrogen-bond donors (Lipinski definition) is 3. The van der Waals surface area contributed by atoms with Gasteiger partial charge in [0.15, 0.2) is 0 Å². The van der Waals surface area contributed by atoms with Crippen LogP contribution in [0.15, 0.2) is 0 Å². The SMILES string of the molecule is CC(O)(CO)CNS(=O)(=O)C1CCOCC1. The van der Waals surface area contributed by atoms with Crippen molar-refractivity contribution in [3.63, 3.8) is 0 Å². The van der Waals surface area contributed by atoms with Crippen LogP contribution in [0.2, 0.25) is 0 Å². The van der Waals surface area contributed by atoms with E-state index in [1.54, 1.807) is 0 Å². The van der Waals surface area contributed by atoms with Gasteiger partial charge in [0.25, 0.3) is 0 Å². The minimum atomic E-state index is -3.43. The van der Waals surface area contributed by atoms with Gasteiger partial charge in [-0.3, -0.25) is 0 Å². The number of hydrogen-bond acceptors (Lipinski definition) is 5. The summed E-state index contributed by atoms with van der Waals surface area (Å²) in [6, 6.07) is 0. The van der Waals surface area contributed by atoms with E-state index < -0.39 is 27.5 Å². The second-order valence-corrected chi connectivity index (χ2v) is 6.38. The van der Waals surface area contributed by atoms with Crippen molar-refractivity contribution in [3.8, 4) is 0 Å². The Morgan fingerprint density at radius 3 is 2.50 bits per heavy atom. The van der Waals surface area contributed by atoms with Crippen molar-refractivity contribution < 1.29 is 23.4 Å². The molecular weight excluding hydrogens is 234 g/mol. The first kappa shape index (κ1) is 13.9. The van der Waals surface area contributed by atoms with Gasteiger partial charge in [0.05, 0.1) is 17.5 Å². The predicted octanol–water partition coefficient (Wildman–Crippen LogP) is -1.17. The lowest BCUT2D eigenvalue weighted by Gasteiger charge is -2.25. The molecule has 1 atom stereocenters. The van der Waals surface area contributed by atoms with Crippen molar-refractivity contribution in [2.45, 2.75) is 30.6 Å². The maximum atomic E-state index is 11.8. The fraction of sp³-hybridized carbons (Fsp3) is 1.00. The van der Waals surface area contributed by atoms with E-state index in [4.69, 9.17) is 9.84 Å². The zero-order chi connectivity index (χ0) is 12.2. The Labute approximate surface area is 95.7 Å². The predicted molar refractivity (Wildman–Crippen MR) is 58.5 cm³/mol. The molecule has 0 amide bonds. The lowest BCUT2D eigenvalue weighted by atomic mass is 10.1. The molecule has 0 saturated carbocycles. The number of sulfonamides is 1. The third-order valence-electron chi connectivity index (χ3n) is 2.60. The van der Waals surface area contributed by atoms with Crippen LogP contribution >= 0.6 is 0 Å². The van der Waals surface area contributed by atoms with E-state index in [2.05, 4.69) is 4.72 Å². The molecule has 0 spiro atoms. The van der Waals surface area contributed by atoms with Crippen molar-refractivity contribution in [2.24, 2.45) is 0 Å². The fourth-order valence-corrected chi connectivity index (χ4v) is 2.98.